The molecule has 0 aliphatic heterocycles. The van der Waals surface area contributed by atoms with E-state index in [1.807, 2.05) is 0 Å². The van der Waals surface area contributed by atoms with Crippen molar-refractivity contribution in [3.05, 3.63) is 28.8 Å². The third-order valence-electron chi connectivity index (χ3n) is 3.14. The van der Waals surface area contributed by atoms with Crippen LogP contribution < -0.4 is 10.6 Å². The first-order valence-corrected chi connectivity index (χ1v) is 6.61. The van der Waals surface area contributed by atoms with Gasteiger partial charge in [0.2, 0.25) is 0 Å². The van der Waals surface area contributed by atoms with E-state index in [4.69, 9.17) is 11.6 Å². The molecule has 0 aromatic heterocycles. The first kappa shape index (κ1) is 16.7. The van der Waals surface area contributed by atoms with Crippen LogP contribution in [0.4, 0.5) is 19.3 Å². The van der Waals surface area contributed by atoms with E-state index in [1.165, 1.54) is 0 Å². The first-order valence-electron chi connectivity index (χ1n) is 6.23. The average Bonchev–Trinajstić information content (AvgIpc) is 2.40. The molecule has 0 radical (unpaired) electrons. The molecule has 4 nitrogen and oxygen atoms in total. The zero-order valence-corrected chi connectivity index (χ0v) is 12.0. The summed E-state index contributed by atoms with van der Waals surface area (Å²) in [6.45, 7) is 3.60. The molecule has 0 spiro atoms. The van der Waals surface area contributed by atoms with Gasteiger partial charge in [0, 0.05) is 12.6 Å². The van der Waals surface area contributed by atoms with Crippen LogP contribution in [0.5, 0.6) is 0 Å². The SMILES string of the molecule is CCC(O)(CC)CNC(=O)Nc1c(F)cc(F)cc1Cl. The molecular formula is C13H17ClF2N2O2. The Balaban J connectivity index is 2.68. The zero-order valence-electron chi connectivity index (χ0n) is 11.3. The highest BCUT2D eigenvalue weighted by molar-refractivity contribution is 6.33. The number of hydrogen-bond donors (Lipinski definition) is 3. The molecule has 1 aromatic rings. The number of carbonyl (C=O) groups excluding carboxylic acids is 1. The molecule has 0 heterocycles. The predicted octanol–water partition coefficient (Wildman–Crippen LogP) is 3.29. The van der Waals surface area contributed by atoms with Crippen LogP contribution in [0.25, 0.3) is 0 Å². The Morgan fingerprint density at radius 1 is 1.35 bits per heavy atom. The van der Waals surface area contributed by atoms with Crippen molar-refractivity contribution < 1.29 is 18.7 Å². The summed E-state index contributed by atoms with van der Waals surface area (Å²) in [6, 6.07) is 0.794. The standard InChI is InChI=1S/C13H17ClF2N2O2/c1-3-13(20,4-2)7-17-12(19)18-11-9(14)5-8(15)6-10(11)16/h5-6,20H,3-4,7H2,1-2H3,(H2,17,18,19). The molecule has 3 N–H and O–H groups in total. The van der Waals surface area contributed by atoms with E-state index in [0.29, 0.717) is 18.9 Å². The number of aliphatic hydroxyl groups is 1. The van der Waals surface area contributed by atoms with E-state index in [2.05, 4.69) is 10.6 Å². The largest absolute Gasteiger partial charge is 0.388 e. The lowest BCUT2D eigenvalue weighted by atomic mass is 9.98. The molecule has 0 unspecified atom stereocenters. The number of carbonyl (C=O) groups is 1. The summed E-state index contributed by atoms with van der Waals surface area (Å²) in [5.74, 6) is -1.80. The van der Waals surface area contributed by atoms with Gasteiger partial charge in [-0.25, -0.2) is 13.6 Å². The van der Waals surface area contributed by atoms with Crippen LogP contribution in [0.15, 0.2) is 12.1 Å². The van der Waals surface area contributed by atoms with Crippen molar-refractivity contribution >= 4 is 23.3 Å². The molecule has 0 fully saturated rings. The number of amides is 2. The summed E-state index contributed by atoms with van der Waals surface area (Å²) < 4.78 is 26.3. The van der Waals surface area contributed by atoms with Gasteiger partial charge >= 0.3 is 6.03 Å². The fourth-order valence-electron chi connectivity index (χ4n) is 1.56. The van der Waals surface area contributed by atoms with Crippen LogP contribution >= 0.6 is 11.6 Å². The van der Waals surface area contributed by atoms with E-state index in [1.54, 1.807) is 13.8 Å². The highest BCUT2D eigenvalue weighted by Crippen LogP contribution is 2.26. The Bertz CT molecular complexity index is 470. The van der Waals surface area contributed by atoms with E-state index in [0.717, 1.165) is 6.07 Å². The molecule has 0 aliphatic carbocycles. The highest BCUT2D eigenvalue weighted by Gasteiger charge is 2.23. The topological polar surface area (TPSA) is 61.4 Å². The third kappa shape index (κ3) is 4.31. The molecule has 0 aliphatic rings. The minimum Gasteiger partial charge on any atom is -0.388 e. The summed E-state index contributed by atoms with van der Waals surface area (Å²) in [7, 11) is 0. The number of halogens is 3. The van der Waals surface area contributed by atoms with Crippen molar-refractivity contribution in [1.82, 2.24) is 5.32 Å². The van der Waals surface area contributed by atoms with E-state index >= 15 is 0 Å². The van der Waals surface area contributed by atoms with Gasteiger partial charge in [-0.15, -0.1) is 0 Å². The monoisotopic (exact) mass is 306 g/mol. The van der Waals surface area contributed by atoms with E-state index < -0.39 is 23.3 Å². The number of urea groups is 1. The van der Waals surface area contributed by atoms with Crippen LogP contribution in [0.1, 0.15) is 26.7 Å². The predicted molar refractivity (Wildman–Crippen MR) is 73.9 cm³/mol. The smallest absolute Gasteiger partial charge is 0.319 e. The number of nitrogens with one attached hydrogen (secondary N) is 2. The van der Waals surface area contributed by atoms with Gasteiger partial charge in [0.25, 0.3) is 0 Å². The maximum absolute atomic E-state index is 13.5. The Labute approximate surface area is 121 Å². The Morgan fingerprint density at radius 2 is 1.95 bits per heavy atom. The minimum absolute atomic E-state index is 0.0201. The van der Waals surface area contributed by atoms with Gasteiger partial charge in [0.05, 0.1) is 16.3 Å². The van der Waals surface area contributed by atoms with Gasteiger partial charge in [-0.3, -0.25) is 0 Å². The molecule has 1 aromatic carbocycles. The lowest BCUT2D eigenvalue weighted by Gasteiger charge is -2.25. The molecule has 2 amide bonds. The summed E-state index contributed by atoms with van der Waals surface area (Å²) in [4.78, 5) is 11.6. The summed E-state index contributed by atoms with van der Waals surface area (Å²) in [6.07, 6.45) is 0.935. The number of benzene rings is 1. The van der Waals surface area contributed by atoms with Crippen LogP contribution in [-0.2, 0) is 0 Å². The van der Waals surface area contributed by atoms with Gasteiger partial charge < -0.3 is 15.7 Å². The van der Waals surface area contributed by atoms with Gasteiger partial charge in [-0.2, -0.15) is 0 Å². The maximum atomic E-state index is 13.5. The first-order chi connectivity index (χ1) is 9.31. The molecule has 0 saturated carbocycles. The molecule has 0 bridgehead atoms. The van der Waals surface area contributed by atoms with Gasteiger partial charge in [0.1, 0.15) is 5.82 Å². The third-order valence-corrected chi connectivity index (χ3v) is 3.44. The van der Waals surface area contributed by atoms with Crippen LogP contribution in [0.3, 0.4) is 0 Å². The molecule has 112 valence electrons. The Hall–Kier alpha value is -1.40. The fourth-order valence-corrected chi connectivity index (χ4v) is 1.81. The highest BCUT2D eigenvalue weighted by atomic mass is 35.5. The van der Waals surface area contributed by atoms with Crippen molar-refractivity contribution in [2.75, 3.05) is 11.9 Å². The average molecular weight is 307 g/mol. The molecule has 7 heteroatoms. The van der Waals surface area contributed by atoms with Crippen molar-refractivity contribution in [2.24, 2.45) is 0 Å². The normalized spacial score (nSPS) is 11.3. The summed E-state index contributed by atoms with van der Waals surface area (Å²) in [5.41, 5.74) is -1.32. The summed E-state index contributed by atoms with van der Waals surface area (Å²) >= 11 is 5.65. The number of rotatable bonds is 5. The number of hydrogen-bond acceptors (Lipinski definition) is 2. The van der Waals surface area contributed by atoms with Crippen LogP contribution in [0.2, 0.25) is 5.02 Å². The second-order valence-electron chi connectivity index (χ2n) is 4.48. The molecule has 20 heavy (non-hydrogen) atoms. The van der Waals surface area contributed by atoms with Crippen molar-refractivity contribution in [3.63, 3.8) is 0 Å². The maximum Gasteiger partial charge on any atom is 0.319 e. The van der Waals surface area contributed by atoms with Gasteiger partial charge in [-0.05, 0) is 18.9 Å². The fraction of sp³-hybridized carbons (Fsp3) is 0.462. The zero-order chi connectivity index (χ0) is 15.3. The van der Waals surface area contributed by atoms with Crippen molar-refractivity contribution in [1.29, 1.82) is 0 Å². The second-order valence-corrected chi connectivity index (χ2v) is 4.89. The van der Waals surface area contributed by atoms with Gasteiger partial charge in [0.15, 0.2) is 5.82 Å². The molecule has 1 rings (SSSR count). The molecular weight excluding hydrogens is 290 g/mol. The Morgan fingerprint density at radius 3 is 2.45 bits per heavy atom. The Kier molecular flexibility index (Phi) is 5.71. The minimum atomic E-state index is -1.01. The quantitative estimate of drug-likeness (QED) is 0.781. The van der Waals surface area contributed by atoms with Crippen molar-refractivity contribution in [2.45, 2.75) is 32.3 Å². The van der Waals surface area contributed by atoms with Gasteiger partial charge in [-0.1, -0.05) is 25.4 Å². The molecule has 0 saturated heterocycles. The summed E-state index contributed by atoms with van der Waals surface area (Å²) in [5, 5.41) is 14.4. The van der Waals surface area contributed by atoms with Crippen molar-refractivity contribution in [3.8, 4) is 0 Å². The van der Waals surface area contributed by atoms with E-state index in [9.17, 15) is 18.7 Å². The lowest BCUT2D eigenvalue weighted by Crippen LogP contribution is -2.43. The van der Waals surface area contributed by atoms with Crippen LogP contribution in [-0.4, -0.2) is 23.3 Å². The molecule has 0 atom stereocenters. The van der Waals surface area contributed by atoms with Crippen LogP contribution in [0, 0.1) is 11.6 Å². The lowest BCUT2D eigenvalue weighted by molar-refractivity contribution is 0.0354. The van der Waals surface area contributed by atoms with E-state index in [-0.39, 0.29) is 17.3 Å². The number of anilines is 1. The second kappa shape index (κ2) is 6.85.